The smallest absolute Gasteiger partial charge is 0.261 e. The predicted molar refractivity (Wildman–Crippen MR) is 106 cm³/mol. The number of amides is 1. The fourth-order valence-corrected chi connectivity index (χ4v) is 3.16. The number of anilines is 1. The average molecular weight is 373 g/mol. The number of hydrogen-bond acceptors (Lipinski definition) is 5. The van der Waals surface area contributed by atoms with Crippen molar-refractivity contribution in [3.8, 4) is 11.5 Å². The Kier molecular flexibility index (Phi) is 4.78. The van der Waals surface area contributed by atoms with Crippen molar-refractivity contribution in [2.45, 2.75) is 0 Å². The SMILES string of the molecule is CN(O)C1=C(c2ccc(Oc3ccccc3)cc2)C(=O)N(c2ccncc2)C1. The molecule has 1 amide bonds. The van der Waals surface area contributed by atoms with Gasteiger partial charge in [0.05, 0.1) is 17.8 Å². The molecule has 1 aromatic heterocycles. The normalized spacial score (nSPS) is 13.8. The Balaban J connectivity index is 1.62. The number of benzene rings is 2. The van der Waals surface area contributed by atoms with E-state index in [0.717, 1.165) is 22.1 Å². The van der Waals surface area contributed by atoms with Crippen LogP contribution in [-0.2, 0) is 4.79 Å². The molecule has 0 radical (unpaired) electrons. The van der Waals surface area contributed by atoms with Crippen LogP contribution in [0.2, 0.25) is 0 Å². The summed E-state index contributed by atoms with van der Waals surface area (Å²) in [5, 5.41) is 11.1. The van der Waals surface area contributed by atoms with E-state index < -0.39 is 0 Å². The predicted octanol–water partition coefficient (Wildman–Crippen LogP) is 3.95. The van der Waals surface area contributed by atoms with Crippen molar-refractivity contribution in [1.29, 1.82) is 0 Å². The Bertz CT molecular complexity index is 1000. The van der Waals surface area contributed by atoms with E-state index in [1.807, 2.05) is 54.6 Å². The molecule has 0 aliphatic carbocycles. The summed E-state index contributed by atoms with van der Waals surface area (Å²) in [6, 6.07) is 20.3. The van der Waals surface area contributed by atoms with E-state index in [1.54, 1.807) is 29.4 Å². The first kappa shape index (κ1) is 17.8. The zero-order valence-electron chi connectivity index (χ0n) is 15.3. The minimum Gasteiger partial charge on any atom is -0.457 e. The van der Waals surface area contributed by atoms with Crippen molar-refractivity contribution in [3.63, 3.8) is 0 Å². The zero-order valence-corrected chi connectivity index (χ0v) is 15.3. The quantitative estimate of drug-likeness (QED) is 0.686. The fraction of sp³-hybridized carbons (Fsp3) is 0.0909. The van der Waals surface area contributed by atoms with Gasteiger partial charge in [-0.3, -0.25) is 20.0 Å². The minimum atomic E-state index is -0.168. The molecule has 140 valence electrons. The number of para-hydroxylation sites is 1. The van der Waals surface area contributed by atoms with E-state index >= 15 is 0 Å². The van der Waals surface area contributed by atoms with Gasteiger partial charge < -0.3 is 9.64 Å². The standard InChI is InChI=1S/C22H19N3O3/c1-24(27)20-15-25(17-11-13-23-14-12-17)22(26)21(20)16-7-9-19(10-8-16)28-18-5-3-2-4-6-18/h2-14,27H,15H2,1H3. The van der Waals surface area contributed by atoms with Gasteiger partial charge in [0.1, 0.15) is 11.5 Å². The van der Waals surface area contributed by atoms with Gasteiger partial charge in [0, 0.05) is 25.1 Å². The fourth-order valence-electron chi connectivity index (χ4n) is 3.16. The van der Waals surface area contributed by atoms with Gasteiger partial charge in [0.2, 0.25) is 0 Å². The number of carbonyl (C=O) groups is 1. The average Bonchev–Trinajstić information content (AvgIpc) is 3.08. The van der Waals surface area contributed by atoms with Crippen molar-refractivity contribution in [1.82, 2.24) is 10.0 Å². The number of rotatable bonds is 5. The number of hydroxylamine groups is 2. The van der Waals surface area contributed by atoms with Crippen LogP contribution in [0.4, 0.5) is 5.69 Å². The third-order valence-corrected chi connectivity index (χ3v) is 4.54. The van der Waals surface area contributed by atoms with Crippen molar-refractivity contribution < 1.29 is 14.7 Å². The van der Waals surface area contributed by atoms with Crippen LogP contribution in [0.25, 0.3) is 5.57 Å². The molecular weight excluding hydrogens is 354 g/mol. The van der Waals surface area contributed by atoms with Crippen LogP contribution in [0.3, 0.4) is 0 Å². The number of pyridine rings is 1. The van der Waals surface area contributed by atoms with E-state index in [0.29, 0.717) is 17.0 Å². The Hall–Kier alpha value is -3.64. The summed E-state index contributed by atoms with van der Waals surface area (Å²) in [7, 11) is 1.52. The monoisotopic (exact) mass is 373 g/mol. The molecule has 0 bridgehead atoms. The van der Waals surface area contributed by atoms with Crippen molar-refractivity contribution >= 4 is 17.2 Å². The molecular formula is C22H19N3O3. The van der Waals surface area contributed by atoms with E-state index in [2.05, 4.69) is 4.98 Å². The van der Waals surface area contributed by atoms with Crippen molar-refractivity contribution in [3.05, 3.63) is 90.4 Å². The highest BCUT2D eigenvalue weighted by molar-refractivity contribution is 6.29. The maximum absolute atomic E-state index is 13.1. The first-order valence-electron chi connectivity index (χ1n) is 8.84. The van der Waals surface area contributed by atoms with Gasteiger partial charge in [0.15, 0.2) is 0 Å². The highest BCUT2D eigenvalue weighted by atomic mass is 16.5. The summed E-state index contributed by atoms with van der Waals surface area (Å²) >= 11 is 0. The van der Waals surface area contributed by atoms with Crippen LogP contribution in [0.5, 0.6) is 11.5 Å². The maximum atomic E-state index is 13.1. The summed E-state index contributed by atoms with van der Waals surface area (Å²) in [5.74, 6) is 1.25. The molecule has 6 nitrogen and oxygen atoms in total. The lowest BCUT2D eigenvalue weighted by Gasteiger charge is -2.17. The summed E-state index contributed by atoms with van der Waals surface area (Å²) < 4.78 is 5.81. The van der Waals surface area contributed by atoms with Gasteiger partial charge in [-0.1, -0.05) is 30.3 Å². The first-order valence-corrected chi connectivity index (χ1v) is 8.84. The third kappa shape index (κ3) is 3.45. The Morgan fingerprint density at radius 2 is 1.61 bits per heavy atom. The van der Waals surface area contributed by atoms with Gasteiger partial charge >= 0.3 is 0 Å². The minimum absolute atomic E-state index is 0.168. The zero-order chi connectivity index (χ0) is 19.5. The van der Waals surface area contributed by atoms with E-state index in [1.165, 1.54) is 7.05 Å². The van der Waals surface area contributed by atoms with Gasteiger partial charge in [-0.2, -0.15) is 0 Å². The molecule has 3 aromatic rings. The molecule has 4 rings (SSSR count). The van der Waals surface area contributed by atoms with Gasteiger partial charge in [-0.05, 0) is 42.0 Å². The molecule has 0 saturated heterocycles. The Morgan fingerprint density at radius 1 is 0.964 bits per heavy atom. The number of hydrogen-bond donors (Lipinski definition) is 1. The van der Waals surface area contributed by atoms with E-state index in [-0.39, 0.29) is 12.5 Å². The van der Waals surface area contributed by atoms with Crippen molar-refractivity contribution in [2.24, 2.45) is 0 Å². The Labute approximate surface area is 162 Å². The van der Waals surface area contributed by atoms with Gasteiger partial charge in [-0.15, -0.1) is 0 Å². The molecule has 2 aromatic carbocycles. The number of likely N-dealkylation sites (N-methyl/N-ethyl adjacent to an activating group) is 1. The largest absolute Gasteiger partial charge is 0.457 e. The lowest BCUT2D eigenvalue weighted by atomic mass is 10.0. The van der Waals surface area contributed by atoms with Crippen molar-refractivity contribution in [2.75, 3.05) is 18.5 Å². The van der Waals surface area contributed by atoms with Crippen LogP contribution in [0, 0.1) is 0 Å². The highest BCUT2D eigenvalue weighted by Crippen LogP contribution is 2.33. The second-order valence-corrected chi connectivity index (χ2v) is 6.38. The molecule has 0 fully saturated rings. The lowest BCUT2D eigenvalue weighted by Crippen LogP contribution is -2.27. The molecule has 6 heteroatoms. The summed E-state index contributed by atoms with van der Waals surface area (Å²) in [5.41, 5.74) is 2.46. The van der Waals surface area contributed by atoms with E-state index in [4.69, 9.17) is 4.74 Å². The summed E-state index contributed by atoms with van der Waals surface area (Å²) in [4.78, 5) is 18.7. The lowest BCUT2D eigenvalue weighted by molar-refractivity contribution is -0.112. The molecule has 2 heterocycles. The summed E-state index contributed by atoms with van der Waals surface area (Å²) in [6.45, 7) is 0.285. The molecule has 28 heavy (non-hydrogen) atoms. The molecule has 1 aliphatic rings. The molecule has 0 saturated carbocycles. The van der Waals surface area contributed by atoms with Gasteiger partial charge in [-0.25, -0.2) is 0 Å². The first-order chi connectivity index (χ1) is 13.6. The van der Waals surface area contributed by atoms with Crippen LogP contribution in [0.15, 0.2) is 84.8 Å². The number of ether oxygens (including phenoxy) is 1. The second-order valence-electron chi connectivity index (χ2n) is 6.38. The Morgan fingerprint density at radius 3 is 2.25 bits per heavy atom. The second kappa shape index (κ2) is 7.54. The highest BCUT2D eigenvalue weighted by Gasteiger charge is 2.34. The van der Waals surface area contributed by atoms with Crippen LogP contribution >= 0.6 is 0 Å². The van der Waals surface area contributed by atoms with E-state index in [9.17, 15) is 10.0 Å². The topological polar surface area (TPSA) is 65.9 Å². The van der Waals surface area contributed by atoms with Crippen LogP contribution in [-0.4, -0.2) is 34.8 Å². The number of carbonyl (C=O) groups excluding carboxylic acids is 1. The number of aromatic nitrogens is 1. The maximum Gasteiger partial charge on any atom is 0.261 e. The number of nitrogens with zero attached hydrogens (tertiary/aromatic N) is 3. The summed E-state index contributed by atoms with van der Waals surface area (Å²) in [6.07, 6.45) is 3.28. The molecule has 1 N–H and O–H groups in total. The third-order valence-electron chi connectivity index (χ3n) is 4.54. The molecule has 0 atom stereocenters. The molecule has 0 unspecified atom stereocenters. The van der Waals surface area contributed by atoms with Crippen LogP contribution < -0.4 is 9.64 Å². The van der Waals surface area contributed by atoms with Crippen LogP contribution in [0.1, 0.15) is 5.56 Å². The molecule has 1 aliphatic heterocycles. The van der Waals surface area contributed by atoms with Gasteiger partial charge in [0.25, 0.3) is 5.91 Å². The molecule has 0 spiro atoms.